The molecule has 4 heteroatoms. The minimum absolute atomic E-state index is 0. The van der Waals surface area contributed by atoms with E-state index in [0.29, 0.717) is 0 Å². The Bertz CT molecular complexity index is 205. The van der Waals surface area contributed by atoms with E-state index in [0.717, 1.165) is 13.0 Å². The van der Waals surface area contributed by atoms with Crippen LogP contribution in [0.2, 0.25) is 0 Å². The summed E-state index contributed by atoms with van der Waals surface area (Å²) in [7, 11) is 0. The van der Waals surface area contributed by atoms with E-state index in [1.54, 1.807) is 5.32 Å². The summed E-state index contributed by atoms with van der Waals surface area (Å²) in [6.07, 6.45) is 19.0. The van der Waals surface area contributed by atoms with Gasteiger partial charge in [0, 0.05) is 6.92 Å². The molecule has 0 aromatic carbocycles. The normalized spacial score (nSPS) is 11.5. The molecular formula is C18H41NO3. The van der Waals surface area contributed by atoms with Crippen molar-refractivity contribution in [1.82, 2.24) is 0 Å². The molecule has 4 nitrogen and oxygen atoms in total. The van der Waals surface area contributed by atoms with Gasteiger partial charge in [0.15, 0.2) is 0 Å². The van der Waals surface area contributed by atoms with E-state index >= 15 is 0 Å². The maximum atomic E-state index is 9.12. The number of unbranched alkanes of at least 4 members (excludes halogenated alkanes) is 13. The first-order valence-electron chi connectivity index (χ1n) is 9.35. The van der Waals surface area contributed by atoms with Gasteiger partial charge in [0.05, 0.1) is 6.54 Å². The second-order valence-electron chi connectivity index (χ2n) is 6.68. The summed E-state index contributed by atoms with van der Waals surface area (Å²) in [6, 6.07) is 0. The van der Waals surface area contributed by atoms with Crippen LogP contribution in [0.25, 0.3) is 0 Å². The van der Waals surface area contributed by atoms with Gasteiger partial charge in [0.25, 0.3) is 0 Å². The number of nitrogens with two attached hydrogens (primary N) is 1. The van der Waals surface area contributed by atoms with Gasteiger partial charge in [-0.2, -0.15) is 0 Å². The van der Waals surface area contributed by atoms with E-state index in [1.807, 2.05) is 0 Å². The highest BCUT2D eigenvalue weighted by Gasteiger charge is 2.16. The van der Waals surface area contributed by atoms with Gasteiger partial charge in [-0.05, 0) is 12.8 Å². The predicted octanol–water partition coefficient (Wildman–Crippen LogP) is 3.51. The van der Waals surface area contributed by atoms with Gasteiger partial charge < -0.3 is 15.7 Å². The fourth-order valence-corrected chi connectivity index (χ4v) is 2.71. The molecule has 0 bridgehead atoms. The maximum Gasteiger partial charge on any atom is 0.307 e. The minimum atomic E-state index is -1.59. The summed E-state index contributed by atoms with van der Waals surface area (Å²) < 4.78 is 0. The summed E-state index contributed by atoms with van der Waals surface area (Å²) in [5.74, 6) is -1.59. The number of hydrogen-bond donors (Lipinski definition) is 3. The highest BCUT2D eigenvalue weighted by Crippen LogP contribution is 2.12. The zero-order chi connectivity index (χ0) is 15.8. The quantitative estimate of drug-likeness (QED) is 0.300. The third-order valence-electron chi connectivity index (χ3n) is 4.09. The van der Waals surface area contributed by atoms with Gasteiger partial charge in [-0.15, -0.1) is 0 Å². The molecule has 0 amide bonds. The second kappa shape index (κ2) is 17.2. The zero-order valence-corrected chi connectivity index (χ0v) is 15.0. The third-order valence-corrected chi connectivity index (χ3v) is 4.09. The summed E-state index contributed by atoms with van der Waals surface area (Å²) in [5, 5.41) is 19.8. The topological polar surface area (TPSA) is 87.1 Å². The molecule has 0 unspecified atom stereocenters. The first-order valence-corrected chi connectivity index (χ1v) is 9.35. The highest BCUT2D eigenvalue weighted by atomic mass is 16.5. The molecule has 0 rings (SSSR count). The molecule has 0 aromatic rings. The van der Waals surface area contributed by atoms with Crippen molar-refractivity contribution in [2.24, 2.45) is 0 Å². The van der Waals surface area contributed by atoms with Crippen molar-refractivity contribution in [2.45, 2.75) is 110 Å². The van der Waals surface area contributed by atoms with Crippen LogP contribution in [0.5, 0.6) is 0 Å². The molecule has 0 fully saturated rings. The number of rotatable bonds is 16. The zero-order valence-electron chi connectivity index (χ0n) is 15.0. The summed E-state index contributed by atoms with van der Waals surface area (Å²) in [5.41, 5.74) is 0. The minimum Gasteiger partial charge on any atom is -0.870 e. The smallest absolute Gasteiger partial charge is 0.307 e. The molecule has 0 saturated carbocycles. The summed E-state index contributed by atoms with van der Waals surface area (Å²) >= 11 is 0. The Morgan fingerprint density at radius 1 is 0.636 bits per heavy atom. The van der Waals surface area contributed by atoms with Crippen LogP contribution in [0, 0.1) is 0 Å². The van der Waals surface area contributed by atoms with Crippen molar-refractivity contribution < 1.29 is 21.0 Å². The largest absolute Gasteiger partial charge is 0.870 e. The Morgan fingerprint density at radius 3 is 1.27 bits per heavy atom. The maximum absolute atomic E-state index is 9.12. The fraction of sp³-hybridized carbons (Fsp3) is 1.00. The van der Waals surface area contributed by atoms with Gasteiger partial charge in [0.1, 0.15) is 0 Å². The molecule has 0 aliphatic rings. The molecule has 0 saturated heterocycles. The first kappa shape index (κ1) is 24.1. The standard InChI is InChI=1S/C18H39NO2.H2O/c1-3-4-5-6-7-8-9-10-11-12-13-14-15-16-17-19-18(2,20)21;/h19-21H,3-17H2,1-2H3;1H2. The van der Waals surface area contributed by atoms with Crippen LogP contribution >= 0.6 is 0 Å². The Balaban J connectivity index is 0. The van der Waals surface area contributed by atoms with E-state index in [9.17, 15) is 0 Å². The monoisotopic (exact) mass is 319 g/mol. The van der Waals surface area contributed by atoms with Crippen LogP contribution in [0.15, 0.2) is 0 Å². The summed E-state index contributed by atoms with van der Waals surface area (Å²) in [6.45, 7) is 4.49. The average molecular weight is 320 g/mol. The molecule has 0 aliphatic heterocycles. The van der Waals surface area contributed by atoms with Crippen molar-refractivity contribution in [3.63, 3.8) is 0 Å². The van der Waals surface area contributed by atoms with Crippen LogP contribution in [0.1, 0.15) is 104 Å². The van der Waals surface area contributed by atoms with Crippen molar-refractivity contribution in [1.29, 1.82) is 0 Å². The van der Waals surface area contributed by atoms with E-state index in [1.165, 1.54) is 90.4 Å². The number of quaternary nitrogens is 1. The molecule has 0 heterocycles. The Hall–Kier alpha value is -0.160. The van der Waals surface area contributed by atoms with Gasteiger partial charge in [-0.1, -0.05) is 84.0 Å². The van der Waals surface area contributed by atoms with Crippen LogP contribution < -0.4 is 5.32 Å². The van der Waals surface area contributed by atoms with E-state index in [-0.39, 0.29) is 5.48 Å². The molecular weight excluding hydrogens is 278 g/mol. The molecule has 22 heavy (non-hydrogen) atoms. The lowest BCUT2D eigenvalue weighted by molar-refractivity contribution is -0.806. The van der Waals surface area contributed by atoms with Crippen molar-refractivity contribution in [3.8, 4) is 0 Å². The van der Waals surface area contributed by atoms with Gasteiger partial charge in [0.2, 0.25) is 0 Å². The lowest BCUT2D eigenvalue weighted by Gasteiger charge is -2.13. The van der Waals surface area contributed by atoms with Crippen molar-refractivity contribution in [2.75, 3.05) is 6.54 Å². The average Bonchev–Trinajstić information content (AvgIpc) is 2.42. The molecule has 0 spiro atoms. The van der Waals surface area contributed by atoms with E-state index < -0.39 is 5.91 Å². The molecule has 0 aliphatic carbocycles. The third kappa shape index (κ3) is 22.1. The lowest BCUT2D eigenvalue weighted by Crippen LogP contribution is -2.96. The molecule has 0 radical (unpaired) electrons. The van der Waals surface area contributed by atoms with E-state index in [2.05, 4.69) is 6.92 Å². The van der Waals surface area contributed by atoms with Crippen LogP contribution in [-0.4, -0.2) is 28.1 Å². The van der Waals surface area contributed by atoms with Gasteiger partial charge in [-0.25, -0.2) is 0 Å². The van der Waals surface area contributed by atoms with E-state index in [4.69, 9.17) is 10.2 Å². The first-order chi connectivity index (χ1) is 10.1. The Kier molecular flexibility index (Phi) is 18.8. The lowest BCUT2D eigenvalue weighted by atomic mass is 10.0. The molecule has 136 valence electrons. The number of aliphatic hydroxyl groups is 2. The van der Waals surface area contributed by atoms with Crippen molar-refractivity contribution >= 4 is 0 Å². The van der Waals surface area contributed by atoms with Crippen LogP contribution in [0.4, 0.5) is 0 Å². The Morgan fingerprint density at radius 2 is 0.955 bits per heavy atom. The molecule has 0 atom stereocenters. The van der Waals surface area contributed by atoms with Crippen molar-refractivity contribution in [3.05, 3.63) is 0 Å². The second-order valence-corrected chi connectivity index (χ2v) is 6.68. The van der Waals surface area contributed by atoms with Gasteiger partial charge >= 0.3 is 5.91 Å². The van der Waals surface area contributed by atoms with Crippen LogP contribution in [0.3, 0.4) is 0 Å². The summed E-state index contributed by atoms with van der Waals surface area (Å²) in [4.78, 5) is 0. The predicted molar refractivity (Wildman–Crippen MR) is 91.9 cm³/mol. The van der Waals surface area contributed by atoms with Crippen LogP contribution in [-0.2, 0) is 0 Å². The Labute approximate surface area is 138 Å². The SMILES string of the molecule is CCCCCCCCCCCCCCCC[NH2+]C(C)(O)O.[OH-]. The number of hydrogen-bond acceptors (Lipinski definition) is 3. The highest BCUT2D eigenvalue weighted by molar-refractivity contribution is 4.49. The molecule has 0 aromatic heterocycles. The van der Waals surface area contributed by atoms with Gasteiger partial charge in [-0.3, -0.25) is 5.32 Å². The molecule has 5 N–H and O–H groups in total. The fourth-order valence-electron chi connectivity index (χ4n) is 2.71.